The molecule has 16 heavy (non-hydrogen) atoms. The van der Waals surface area contributed by atoms with E-state index in [1.54, 1.807) is 0 Å². The Morgan fingerprint density at radius 3 is 1.50 bits per heavy atom. The van der Waals surface area contributed by atoms with E-state index in [0.717, 1.165) is 0 Å². The summed E-state index contributed by atoms with van der Waals surface area (Å²) in [4.78, 5) is 0. The second kappa shape index (κ2) is 8.11. The molecule has 0 aromatic carbocycles. The van der Waals surface area contributed by atoms with Crippen molar-refractivity contribution in [1.29, 1.82) is 0 Å². The van der Waals surface area contributed by atoms with Gasteiger partial charge in [-0.1, -0.05) is 71.1 Å². The minimum Gasteiger partial charge on any atom is -0.325 e. The Balaban J connectivity index is 2.35. The number of rotatable bonds is 2. The van der Waals surface area contributed by atoms with Crippen LogP contribution in [0.15, 0.2) is 0 Å². The highest BCUT2D eigenvalue weighted by Crippen LogP contribution is 2.26. The third kappa shape index (κ3) is 5.89. The van der Waals surface area contributed by atoms with Crippen molar-refractivity contribution in [3.63, 3.8) is 0 Å². The van der Waals surface area contributed by atoms with Gasteiger partial charge in [0.25, 0.3) is 0 Å². The molecule has 1 saturated carbocycles. The lowest BCUT2D eigenvalue weighted by atomic mass is 9.83. The van der Waals surface area contributed by atoms with Gasteiger partial charge in [0, 0.05) is 5.54 Å². The van der Waals surface area contributed by atoms with Gasteiger partial charge in [0.2, 0.25) is 0 Å². The molecule has 0 spiro atoms. The maximum atomic E-state index is 6.55. The van der Waals surface area contributed by atoms with E-state index in [4.69, 9.17) is 5.73 Å². The average Bonchev–Trinajstić information content (AvgIpc) is 2.24. The van der Waals surface area contributed by atoms with Crippen LogP contribution < -0.4 is 5.73 Å². The summed E-state index contributed by atoms with van der Waals surface area (Å²) in [6.45, 7) is 2.27. The average molecular weight is 225 g/mol. The van der Waals surface area contributed by atoms with Crippen LogP contribution in [-0.4, -0.2) is 5.54 Å². The van der Waals surface area contributed by atoms with Gasteiger partial charge < -0.3 is 5.73 Å². The normalized spacial score (nSPS) is 24.4. The Labute approximate surface area is 102 Å². The first kappa shape index (κ1) is 14.0. The number of hydrogen-bond acceptors (Lipinski definition) is 1. The predicted molar refractivity (Wildman–Crippen MR) is 72.6 cm³/mol. The fourth-order valence-electron chi connectivity index (χ4n) is 3.06. The lowest BCUT2D eigenvalue weighted by Crippen LogP contribution is -2.39. The highest BCUT2D eigenvalue weighted by Gasteiger charge is 2.22. The Morgan fingerprint density at radius 1 is 0.750 bits per heavy atom. The van der Waals surface area contributed by atoms with E-state index in [1.807, 2.05) is 0 Å². The van der Waals surface area contributed by atoms with E-state index in [-0.39, 0.29) is 5.54 Å². The molecule has 1 aliphatic rings. The summed E-state index contributed by atoms with van der Waals surface area (Å²) in [5.74, 6) is 0. The third-order valence-electron chi connectivity index (χ3n) is 4.10. The van der Waals surface area contributed by atoms with Gasteiger partial charge in [-0.15, -0.1) is 0 Å². The molecule has 0 heterocycles. The molecule has 0 atom stereocenters. The molecule has 0 radical (unpaired) electrons. The van der Waals surface area contributed by atoms with Crippen LogP contribution in [0.2, 0.25) is 0 Å². The smallest absolute Gasteiger partial charge is 0.0154 e. The summed E-state index contributed by atoms with van der Waals surface area (Å²) in [6, 6.07) is 0. The molecular weight excluding hydrogens is 194 g/mol. The molecule has 0 bridgehead atoms. The fourth-order valence-corrected chi connectivity index (χ4v) is 3.06. The van der Waals surface area contributed by atoms with E-state index in [0.29, 0.717) is 0 Å². The van der Waals surface area contributed by atoms with Crippen molar-refractivity contribution in [2.45, 2.75) is 95.9 Å². The molecule has 96 valence electrons. The van der Waals surface area contributed by atoms with Crippen molar-refractivity contribution in [3.8, 4) is 0 Å². The van der Waals surface area contributed by atoms with E-state index in [2.05, 4.69) is 6.92 Å². The molecule has 1 rings (SSSR count). The van der Waals surface area contributed by atoms with Gasteiger partial charge in [-0.3, -0.25) is 0 Å². The van der Waals surface area contributed by atoms with Crippen LogP contribution in [0.3, 0.4) is 0 Å². The van der Waals surface area contributed by atoms with Gasteiger partial charge in [0.05, 0.1) is 0 Å². The van der Waals surface area contributed by atoms with Gasteiger partial charge in [-0.2, -0.15) is 0 Å². The van der Waals surface area contributed by atoms with Crippen molar-refractivity contribution in [3.05, 3.63) is 0 Å². The van der Waals surface area contributed by atoms with Gasteiger partial charge in [-0.25, -0.2) is 0 Å². The Hall–Kier alpha value is -0.0400. The Kier molecular flexibility index (Phi) is 7.11. The molecule has 1 nitrogen and oxygen atoms in total. The summed E-state index contributed by atoms with van der Waals surface area (Å²) in [5, 5.41) is 0. The largest absolute Gasteiger partial charge is 0.325 e. The summed E-state index contributed by atoms with van der Waals surface area (Å²) >= 11 is 0. The second-order valence-corrected chi connectivity index (χ2v) is 5.79. The van der Waals surface area contributed by atoms with Crippen LogP contribution in [0.25, 0.3) is 0 Å². The fraction of sp³-hybridized carbons (Fsp3) is 1.00. The number of nitrogens with two attached hydrogens (primary N) is 1. The van der Waals surface area contributed by atoms with Gasteiger partial charge in [0.15, 0.2) is 0 Å². The van der Waals surface area contributed by atoms with Gasteiger partial charge >= 0.3 is 0 Å². The highest BCUT2D eigenvalue weighted by molar-refractivity contribution is 4.83. The van der Waals surface area contributed by atoms with Gasteiger partial charge in [-0.05, 0) is 19.3 Å². The van der Waals surface area contributed by atoms with E-state index >= 15 is 0 Å². The van der Waals surface area contributed by atoms with Crippen LogP contribution in [0.5, 0.6) is 0 Å². The lowest BCUT2D eigenvalue weighted by molar-refractivity contribution is 0.308. The van der Waals surface area contributed by atoms with Crippen LogP contribution in [-0.2, 0) is 0 Å². The minimum absolute atomic E-state index is 0.175. The molecule has 0 saturated heterocycles. The van der Waals surface area contributed by atoms with E-state index in [9.17, 15) is 0 Å². The zero-order valence-corrected chi connectivity index (χ0v) is 11.3. The Morgan fingerprint density at radius 2 is 1.12 bits per heavy atom. The zero-order chi connectivity index (χ0) is 11.7. The van der Waals surface area contributed by atoms with Crippen LogP contribution >= 0.6 is 0 Å². The van der Waals surface area contributed by atoms with Gasteiger partial charge in [0.1, 0.15) is 0 Å². The summed E-state index contributed by atoms with van der Waals surface area (Å²) < 4.78 is 0. The van der Waals surface area contributed by atoms with Crippen molar-refractivity contribution in [2.75, 3.05) is 0 Å². The molecule has 2 N–H and O–H groups in total. The van der Waals surface area contributed by atoms with E-state index in [1.165, 1.54) is 83.5 Å². The first-order chi connectivity index (χ1) is 7.77. The second-order valence-electron chi connectivity index (χ2n) is 5.79. The maximum Gasteiger partial charge on any atom is 0.0154 e. The van der Waals surface area contributed by atoms with Crippen LogP contribution in [0.1, 0.15) is 90.4 Å². The third-order valence-corrected chi connectivity index (χ3v) is 4.10. The predicted octanol–water partition coefficient (Wildman–Crippen LogP) is 4.79. The quantitative estimate of drug-likeness (QED) is 0.718. The van der Waals surface area contributed by atoms with Crippen molar-refractivity contribution >= 4 is 0 Å². The number of hydrogen-bond donors (Lipinski definition) is 1. The molecule has 1 heteroatoms. The summed E-state index contributed by atoms with van der Waals surface area (Å²) in [7, 11) is 0. The van der Waals surface area contributed by atoms with Crippen molar-refractivity contribution in [1.82, 2.24) is 0 Å². The minimum atomic E-state index is 0.175. The van der Waals surface area contributed by atoms with Crippen molar-refractivity contribution in [2.24, 2.45) is 5.73 Å². The van der Waals surface area contributed by atoms with Crippen LogP contribution in [0, 0.1) is 0 Å². The summed E-state index contributed by atoms with van der Waals surface area (Å²) in [6.07, 6.45) is 17.8. The molecule has 0 unspecified atom stereocenters. The Bertz CT molecular complexity index is 153. The van der Waals surface area contributed by atoms with Crippen LogP contribution in [0.4, 0.5) is 0 Å². The SMILES string of the molecule is CCCC1(N)CCCCCCCCCCC1. The molecule has 0 amide bonds. The monoisotopic (exact) mass is 225 g/mol. The first-order valence-corrected chi connectivity index (χ1v) is 7.56. The highest BCUT2D eigenvalue weighted by atomic mass is 14.7. The molecule has 1 aliphatic carbocycles. The maximum absolute atomic E-state index is 6.55. The van der Waals surface area contributed by atoms with Crippen molar-refractivity contribution < 1.29 is 0 Å². The molecule has 0 aliphatic heterocycles. The molecule has 0 aromatic heterocycles. The molecule has 0 aromatic rings. The topological polar surface area (TPSA) is 26.0 Å². The first-order valence-electron chi connectivity index (χ1n) is 7.56. The standard InChI is InChI=1S/C15H31N/c1-2-12-15(16)13-10-8-6-4-3-5-7-9-11-14-15/h2-14,16H2,1H3. The molecule has 1 fully saturated rings. The molecular formula is C15H31N. The zero-order valence-electron chi connectivity index (χ0n) is 11.3. The summed E-state index contributed by atoms with van der Waals surface area (Å²) in [5.41, 5.74) is 6.72. The lowest BCUT2D eigenvalue weighted by Gasteiger charge is -2.30. The van der Waals surface area contributed by atoms with E-state index < -0.39 is 0 Å².